The zero-order valence-corrected chi connectivity index (χ0v) is 27.5. The summed E-state index contributed by atoms with van der Waals surface area (Å²) in [5, 5.41) is 18.4. The normalized spacial score (nSPS) is 20.4. The zero-order valence-electron chi connectivity index (χ0n) is 24.3. The molecule has 2 saturated carbocycles. The molecule has 0 saturated heterocycles. The van der Waals surface area contributed by atoms with Gasteiger partial charge in [0, 0.05) is 28.5 Å². The molecule has 2 aliphatic carbocycles. The van der Waals surface area contributed by atoms with Gasteiger partial charge >= 0.3 is 11.9 Å². The molecule has 8 nitrogen and oxygen atoms in total. The monoisotopic (exact) mass is 672 g/mol. The minimum absolute atomic E-state index is 0.0735. The van der Waals surface area contributed by atoms with Crippen LogP contribution in [0, 0.1) is 11.3 Å². The Morgan fingerprint density at radius 3 is 2.14 bits per heavy atom. The van der Waals surface area contributed by atoms with Crippen LogP contribution in [0.4, 0.5) is 0 Å². The first-order valence-electron chi connectivity index (χ1n) is 14.9. The number of thioether (sulfide) groups is 3. The third kappa shape index (κ3) is 11.3. The fourth-order valence-electron chi connectivity index (χ4n) is 6.03. The predicted molar refractivity (Wildman–Crippen MR) is 174 cm³/mol. The third-order valence-electron chi connectivity index (χ3n) is 8.13. The molecule has 2 aliphatic rings. The molecule has 3 rings (SSSR count). The zero-order chi connectivity index (χ0) is 31.2. The van der Waals surface area contributed by atoms with Gasteiger partial charge in [-0.25, -0.2) is 0 Å². The highest BCUT2D eigenvalue weighted by Gasteiger charge is 2.49. The number of carboxylic acids is 2. The van der Waals surface area contributed by atoms with Crippen molar-refractivity contribution in [2.75, 3.05) is 28.8 Å². The fourth-order valence-corrected chi connectivity index (χ4v) is 9.29. The van der Waals surface area contributed by atoms with Gasteiger partial charge in [0.15, 0.2) is 5.78 Å². The van der Waals surface area contributed by atoms with Crippen molar-refractivity contribution in [3.05, 3.63) is 29.3 Å². The Balaban J connectivity index is 1.65. The first-order chi connectivity index (χ1) is 20.6. The van der Waals surface area contributed by atoms with Crippen LogP contribution in [0.15, 0.2) is 24.3 Å². The largest absolute Gasteiger partial charge is 0.490 e. The maximum Gasteiger partial charge on any atom is 0.313 e. The van der Waals surface area contributed by atoms with Crippen molar-refractivity contribution in [3.8, 4) is 5.75 Å². The standard InChI is InChI=1S/C31H41ClO8S3/c32-21-6-5-7-22(18-21)40-25(23-8-9-24(33)30(23)39)12-17-43-27-11-10-26(34)31(27,13-1-3-15-41-19-28(35)36)14-2-4-16-42-20-29(37)38/h5-7,18,23,25,27H,1-4,8-17,19-20H2,(H,35,36)(H,37,38). The van der Waals surface area contributed by atoms with E-state index in [1.807, 2.05) is 0 Å². The lowest BCUT2D eigenvalue weighted by atomic mass is 9.76. The molecule has 3 unspecified atom stereocenters. The molecule has 2 N–H and O–H groups in total. The van der Waals surface area contributed by atoms with Gasteiger partial charge in [-0.05, 0) is 80.4 Å². The van der Waals surface area contributed by atoms with Gasteiger partial charge in [-0.1, -0.05) is 30.5 Å². The molecule has 0 aromatic heterocycles. The molecule has 43 heavy (non-hydrogen) atoms. The maximum atomic E-state index is 13.5. The summed E-state index contributed by atoms with van der Waals surface area (Å²) >= 11 is 10.7. The molecule has 0 spiro atoms. The third-order valence-corrected chi connectivity index (χ3v) is 12.0. The van der Waals surface area contributed by atoms with E-state index in [-0.39, 0.29) is 40.5 Å². The van der Waals surface area contributed by atoms with E-state index >= 15 is 0 Å². The van der Waals surface area contributed by atoms with E-state index in [0.717, 1.165) is 56.5 Å². The molecule has 0 heterocycles. The molecule has 1 aromatic rings. The molecular weight excluding hydrogens is 632 g/mol. The van der Waals surface area contributed by atoms with E-state index in [2.05, 4.69) is 0 Å². The Labute approximate surface area is 271 Å². The van der Waals surface area contributed by atoms with Gasteiger partial charge in [0.2, 0.25) is 5.78 Å². The Kier molecular flexibility index (Phi) is 15.2. The molecule has 3 atom stereocenters. The summed E-state index contributed by atoms with van der Waals surface area (Å²) in [6.07, 6.45) is 6.95. The molecule has 2 fully saturated rings. The Bertz CT molecular complexity index is 1100. The van der Waals surface area contributed by atoms with Crippen molar-refractivity contribution < 1.29 is 38.9 Å². The molecule has 1 aromatic carbocycles. The number of hydrogen-bond donors (Lipinski definition) is 2. The average Bonchev–Trinajstić information content (AvgIpc) is 3.45. The summed E-state index contributed by atoms with van der Waals surface area (Å²) < 4.78 is 6.25. The van der Waals surface area contributed by atoms with E-state index in [1.165, 1.54) is 23.5 Å². The number of carboxylic acid groups (broad SMARTS) is 2. The average molecular weight is 673 g/mol. The summed E-state index contributed by atoms with van der Waals surface area (Å²) in [7, 11) is 0. The Hall–Kier alpha value is -1.69. The number of benzene rings is 1. The number of carbonyl (C=O) groups is 5. The molecule has 0 radical (unpaired) electrons. The second kappa shape index (κ2) is 18.3. The van der Waals surface area contributed by atoms with Crippen molar-refractivity contribution in [1.82, 2.24) is 0 Å². The van der Waals surface area contributed by atoms with E-state index in [9.17, 15) is 24.0 Å². The molecule has 12 heteroatoms. The molecular formula is C31H41ClO8S3. The van der Waals surface area contributed by atoms with E-state index < -0.39 is 29.4 Å². The van der Waals surface area contributed by atoms with Crippen LogP contribution in [0.1, 0.15) is 70.6 Å². The fraction of sp³-hybridized carbons (Fsp3) is 0.645. The number of halogens is 1. The van der Waals surface area contributed by atoms with Crippen LogP contribution in [0.25, 0.3) is 0 Å². The molecule has 238 valence electrons. The lowest BCUT2D eigenvalue weighted by Gasteiger charge is -2.35. The van der Waals surface area contributed by atoms with E-state index in [0.29, 0.717) is 35.8 Å². The van der Waals surface area contributed by atoms with Crippen LogP contribution in [0.2, 0.25) is 5.02 Å². The number of unbranched alkanes of at least 4 members (excludes halogenated alkanes) is 2. The van der Waals surface area contributed by atoms with Gasteiger partial charge in [-0.2, -0.15) is 35.3 Å². The van der Waals surface area contributed by atoms with Crippen LogP contribution in [0.5, 0.6) is 5.75 Å². The topological polar surface area (TPSA) is 135 Å². The Morgan fingerprint density at radius 2 is 1.58 bits per heavy atom. The number of carbonyl (C=O) groups excluding carboxylic acids is 3. The van der Waals surface area contributed by atoms with Crippen LogP contribution in [-0.4, -0.2) is 79.6 Å². The van der Waals surface area contributed by atoms with Crippen molar-refractivity contribution in [1.29, 1.82) is 0 Å². The van der Waals surface area contributed by atoms with Crippen molar-refractivity contribution in [2.45, 2.75) is 82.0 Å². The van der Waals surface area contributed by atoms with Gasteiger partial charge in [0.1, 0.15) is 17.6 Å². The van der Waals surface area contributed by atoms with Crippen LogP contribution in [0.3, 0.4) is 0 Å². The number of ketones is 3. The van der Waals surface area contributed by atoms with Crippen molar-refractivity contribution >= 4 is 76.2 Å². The van der Waals surface area contributed by atoms with Gasteiger partial charge in [0.25, 0.3) is 0 Å². The second-order valence-electron chi connectivity index (χ2n) is 11.1. The quantitative estimate of drug-likeness (QED) is 0.110. The van der Waals surface area contributed by atoms with Crippen molar-refractivity contribution in [2.24, 2.45) is 11.3 Å². The predicted octanol–water partition coefficient (Wildman–Crippen LogP) is 6.45. The highest BCUT2D eigenvalue weighted by molar-refractivity contribution is 8.00. The van der Waals surface area contributed by atoms with Gasteiger partial charge < -0.3 is 14.9 Å². The highest BCUT2D eigenvalue weighted by atomic mass is 35.5. The second-order valence-corrected chi connectivity index (χ2v) is 15.1. The summed E-state index contributed by atoms with van der Waals surface area (Å²) in [4.78, 5) is 59.9. The lowest BCUT2D eigenvalue weighted by Crippen LogP contribution is -2.36. The van der Waals surface area contributed by atoms with Crippen molar-refractivity contribution in [3.63, 3.8) is 0 Å². The van der Waals surface area contributed by atoms with Gasteiger partial charge in [0.05, 0.1) is 17.4 Å². The van der Waals surface area contributed by atoms with Gasteiger partial charge in [-0.15, -0.1) is 0 Å². The molecule has 0 bridgehead atoms. The number of ether oxygens (including phenoxy) is 1. The SMILES string of the molecule is O=C(O)CSCCCCC1(CCCCSCC(=O)O)C(=O)CCC1SCCC(Oc1cccc(Cl)c1)C1CCC(=O)C1=O. The maximum absolute atomic E-state index is 13.5. The molecule has 0 aliphatic heterocycles. The minimum Gasteiger partial charge on any atom is -0.490 e. The summed E-state index contributed by atoms with van der Waals surface area (Å²) in [5.41, 5.74) is -0.470. The lowest BCUT2D eigenvalue weighted by molar-refractivity contribution is -0.137. The van der Waals surface area contributed by atoms with Crippen LogP contribution >= 0.6 is 46.9 Å². The van der Waals surface area contributed by atoms with Crippen LogP contribution in [-0.2, 0) is 24.0 Å². The Morgan fingerprint density at radius 1 is 0.930 bits per heavy atom. The summed E-state index contributed by atoms with van der Waals surface area (Å²) in [5.74, 6) is 0.259. The summed E-state index contributed by atoms with van der Waals surface area (Å²) in [6, 6.07) is 7.02. The van der Waals surface area contributed by atoms with E-state index in [4.69, 9.17) is 26.6 Å². The van der Waals surface area contributed by atoms with E-state index in [1.54, 1.807) is 36.0 Å². The first-order valence-corrected chi connectivity index (χ1v) is 18.6. The highest BCUT2D eigenvalue weighted by Crippen LogP contribution is 2.50. The summed E-state index contributed by atoms with van der Waals surface area (Å²) in [6.45, 7) is 0. The number of hydrogen-bond acceptors (Lipinski definition) is 9. The number of Topliss-reactive ketones (excluding diaryl/α,β-unsaturated/α-hetero) is 3. The van der Waals surface area contributed by atoms with Gasteiger partial charge in [-0.3, -0.25) is 24.0 Å². The first kappa shape index (κ1) is 35.8. The number of rotatable bonds is 21. The number of aliphatic carboxylic acids is 2. The smallest absolute Gasteiger partial charge is 0.313 e. The minimum atomic E-state index is -0.828. The molecule has 0 amide bonds. The van der Waals surface area contributed by atoms with Crippen LogP contribution < -0.4 is 4.74 Å².